The van der Waals surface area contributed by atoms with E-state index in [9.17, 15) is 0 Å². The van der Waals surface area contributed by atoms with Crippen LogP contribution in [0.15, 0.2) is 61.2 Å². The largest absolute Gasteiger partial charge is 0.361 e. The highest BCUT2D eigenvalue weighted by atomic mass is 15.3. The Morgan fingerprint density at radius 1 is 0.857 bits per heavy atom. The summed E-state index contributed by atoms with van der Waals surface area (Å²) in [4.78, 5) is 21.8. The summed E-state index contributed by atoms with van der Waals surface area (Å²) in [6.45, 7) is 4.17. The molecule has 0 saturated carbocycles. The molecule has 1 aliphatic rings. The molecule has 5 rings (SSSR count). The lowest BCUT2D eigenvalue weighted by molar-refractivity contribution is 0.312. The molecule has 0 radical (unpaired) electrons. The SMILES string of the molecule is CN1CCN(c2ccc(-c3cncc(-c4ccc5[nH]ccc5c4)n3)cn2)CC1. The summed E-state index contributed by atoms with van der Waals surface area (Å²) in [5.41, 5.74) is 4.86. The number of nitrogens with zero attached hydrogens (tertiary/aromatic N) is 5. The summed E-state index contributed by atoms with van der Waals surface area (Å²) >= 11 is 0. The monoisotopic (exact) mass is 370 g/mol. The Hall–Kier alpha value is -3.25. The molecule has 0 atom stereocenters. The molecule has 1 aliphatic heterocycles. The topological polar surface area (TPSA) is 60.9 Å². The van der Waals surface area contributed by atoms with Crippen molar-refractivity contribution in [1.29, 1.82) is 0 Å². The number of pyridine rings is 1. The maximum Gasteiger partial charge on any atom is 0.128 e. The molecule has 1 fully saturated rings. The lowest BCUT2D eigenvalue weighted by Crippen LogP contribution is -2.44. The van der Waals surface area contributed by atoms with Gasteiger partial charge in [0.15, 0.2) is 0 Å². The van der Waals surface area contributed by atoms with E-state index in [2.05, 4.69) is 68.2 Å². The number of anilines is 1. The van der Waals surface area contributed by atoms with Crippen LogP contribution in [-0.2, 0) is 0 Å². The number of nitrogens with one attached hydrogen (secondary N) is 1. The van der Waals surface area contributed by atoms with Crippen molar-refractivity contribution in [3.8, 4) is 22.5 Å². The standard InChI is InChI=1S/C22H22N6/c1-27-8-10-28(11-9-27)22-5-3-18(13-25-22)21-15-23-14-20(26-21)16-2-4-19-17(12-16)6-7-24-19/h2-7,12-15,24H,8-11H2,1H3. The first-order chi connectivity index (χ1) is 13.8. The minimum Gasteiger partial charge on any atom is -0.361 e. The third kappa shape index (κ3) is 3.23. The first kappa shape index (κ1) is 16.9. The zero-order chi connectivity index (χ0) is 18.9. The molecule has 0 bridgehead atoms. The highest BCUT2D eigenvalue weighted by molar-refractivity contribution is 5.84. The fourth-order valence-corrected chi connectivity index (χ4v) is 3.62. The highest BCUT2D eigenvalue weighted by Gasteiger charge is 2.15. The van der Waals surface area contributed by atoms with E-state index in [0.717, 1.165) is 60.0 Å². The van der Waals surface area contributed by atoms with Gasteiger partial charge in [0.25, 0.3) is 0 Å². The van der Waals surface area contributed by atoms with Crippen LogP contribution in [0, 0.1) is 0 Å². The molecule has 4 heterocycles. The van der Waals surface area contributed by atoms with E-state index in [1.807, 2.05) is 18.6 Å². The Morgan fingerprint density at radius 3 is 2.43 bits per heavy atom. The van der Waals surface area contributed by atoms with Crippen molar-refractivity contribution in [3.63, 3.8) is 0 Å². The van der Waals surface area contributed by atoms with Gasteiger partial charge in [0.05, 0.1) is 23.8 Å². The van der Waals surface area contributed by atoms with Crippen LogP contribution in [-0.4, -0.2) is 58.1 Å². The average molecular weight is 370 g/mol. The summed E-state index contributed by atoms with van der Waals surface area (Å²) in [5, 5.41) is 1.17. The van der Waals surface area contributed by atoms with Gasteiger partial charge in [-0.15, -0.1) is 0 Å². The molecule has 0 amide bonds. The Balaban J connectivity index is 1.41. The van der Waals surface area contributed by atoms with Gasteiger partial charge in [0.1, 0.15) is 5.82 Å². The Morgan fingerprint density at radius 2 is 1.64 bits per heavy atom. The molecule has 6 nitrogen and oxygen atoms in total. The van der Waals surface area contributed by atoms with Crippen molar-refractivity contribution < 1.29 is 0 Å². The van der Waals surface area contributed by atoms with Crippen molar-refractivity contribution in [2.45, 2.75) is 0 Å². The minimum atomic E-state index is 0.837. The summed E-state index contributed by atoms with van der Waals surface area (Å²) in [7, 11) is 2.16. The molecule has 1 saturated heterocycles. The van der Waals surface area contributed by atoms with Crippen molar-refractivity contribution in [2.24, 2.45) is 0 Å². The Labute approximate surface area is 163 Å². The van der Waals surface area contributed by atoms with Crippen molar-refractivity contribution >= 4 is 16.7 Å². The van der Waals surface area contributed by atoms with Crippen LogP contribution in [0.3, 0.4) is 0 Å². The molecule has 3 aromatic heterocycles. The number of H-pyrrole nitrogens is 1. The highest BCUT2D eigenvalue weighted by Crippen LogP contribution is 2.25. The maximum atomic E-state index is 4.82. The number of fused-ring (bicyclic) bond motifs is 1. The van der Waals surface area contributed by atoms with Gasteiger partial charge in [-0.2, -0.15) is 0 Å². The van der Waals surface area contributed by atoms with Crippen LogP contribution >= 0.6 is 0 Å². The van der Waals surface area contributed by atoms with Gasteiger partial charge in [0.2, 0.25) is 0 Å². The van der Waals surface area contributed by atoms with Gasteiger partial charge in [0, 0.05) is 60.6 Å². The number of hydrogen-bond donors (Lipinski definition) is 1. The second-order valence-corrected chi connectivity index (χ2v) is 7.26. The van der Waals surface area contributed by atoms with Crippen LogP contribution in [0.4, 0.5) is 5.82 Å². The quantitative estimate of drug-likeness (QED) is 0.599. The number of piperazine rings is 1. The van der Waals surface area contributed by atoms with E-state index >= 15 is 0 Å². The number of hydrogen-bond acceptors (Lipinski definition) is 5. The lowest BCUT2D eigenvalue weighted by atomic mass is 10.1. The number of rotatable bonds is 3. The molecule has 28 heavy (non-hydrogen) atoms. The molecular formula is C22H22N6. The van der Waals surface area contributed by atoms with Crippen LogP contribution in [0.2, 0.25) is 0 Å². The first-order valence-electron chi connectivity index (χ1n) is 9.56. The van der Waals surface area contributed by atoms with E-state index in [4.69, 9.17) is 4.98 Å². The zero-order valence-electron chi connectivity index (χ0n) is 15.8. The smallest absolute Gasteiger partial charge is 0.128 e. The van der Waals surface area contributed by atoms with Crippen LogP contribution < -0.4 is 4.90 Å². The van der Waals surface area contributed by atoms with E-state index in [-0.39, 0.29) is 0 Å². The van der Waals surface area contributed by atoms with Crippen LogP contribution in [0.1, 0.15) is 0 Å². The second kappa shape index (κ2) is 7.05. The molecule has 140 valence electrons. The summed E-state index contributed by atoms with van der Waals surface area (Å²) < 4.78 is 0. The first-order valence-corrected chi connectivity index (χ1v) is 9.56. The van der Waals surface area contributed by atoms with Crippen molar-refractivity contribution in [3.05, 3.63) is 61.2 Å². The van der Waals surface area contributed by atoms with Gasteiger partial charge in [-0.05, 0) is 37.4 Å². The number of aromatic nitrogens is 4. The fraction of sp³-hybridized carbons (Fsp3) is 0.227. The lowest BCUT2D eigenvalue weighted by Gasteiger charge is -2.33. The molecule has 1 N–H and O–H groups in total. The number of benzene rings is 1. The minimum absolute atomic E-state index is 0.837. The summed E-state index contributed by atoms with van der Waals surface area (Å²) in [5.74, 6) is 1.03. The van der Waals surface area contributed by atoms with E-state index < -0.39 is 0 Å². The predicted octanol–water partition coefficient (Wildman–Crippen LogP) is 3.44. The number of aromatic amines is 1. The average Bonchev–Trinajstić information content (AvgIpc) is 3.22. The Kier molecular flexibility index (Phi) is 4.25. The van der Waals surface area contributed by atoms with Crippen molar-refractivity contribution in [1.82, 2.24) is 24.8 Å². The zero-order valence-corrected chi connectivity index (χ0v) is 15.8. The second-order valence-electron chi connectivity index (χ2n) is 7.26. The van der Waals surface area contributed by atoms with Gasteiger partial charge >= 0.3 is 0 Å². The maximum absolute atomic E-state index is 4.82. The molecule has 4 aromatic rings. The molecule has 6 heteroatoms. The van der Waals surface area contributed by atoms with E-state index in [1.165, 1.54) is 5.39 Å². The fourth-order valence-electron chi connectivity index (χ4n) is 3.62. The molecular weight excluding hydrogens is 348 g/mol. The van der Waals surface area contributed by atoms with Gasteiger partial charge < -0.3 is 14.8 Å². The molecule has 0 spiro atoms. The molecule has 1 aromatic carbocycles. The van der Waals surface area contributed by atoms with Gasteiger partial charge in [-0.1, -0.05) is 6.07 Å². The third-order valence-electron chi connectivity index (χ3n) is 5.35. The predicted molar refractivity (Wildman–Crippen MR) is 112 cm³/mol. The van der Waals surface area contributed by atoms with E-state index in [1.54, 1.807) is 6.20 Å². The summed E-state index contributed by atoms with van der Waals surface area (Å²) in [6, 6.07) is 12.5. The van der Waals surface area contributed by atoms with Crippen LogP contribution in [0.5, 0.6) is 0 Å². The van der Waals surface area contributed by atoms with Gasteiger partial charge in [-0.25, -0.2) is 9.97 Å². The molecule has 0 aliphatic carbocycles. The normalized spacial score (nSPS) is 15.2. The third-order valence-corrected chi connectivity index (χ3v) is 5.35. The molecule has 0 unspecified atom stereocenters. The van der Waals surface area contributed by atoms with Crippen molar-refractivity contribution in [2.75, 3.05) is 38.1 Å². The summed E-state index contributed by atoms with van der Waals surface area (Å²) in [6.07, 6.45) is 7.45. The van der Waals surface area contributed by atoms with Gasteiger partial charge in [-0.3, -0.25) is 4.98 Å². The van der Waals surface area contributed by atoms with E-state index in [0.29, 0.717) is 0 Å². The number of likely N-dealkylation sites (N-methyl/N-ethyl adjacent to an activating group) is 1. The van der Waals surface area contributed by atoms with Crippen LogP contribution in [0.25, 0.3) is 33.4 Å². The Bertz CT molecular complexity index is 1090.